The van der Waals surface area contributed by atoms with Gasteiger partial charge in [0.05, 0.1) is 42.2 Å². The number of ether oxygens (including phenoxy) is 2. The van der Waals surface area contributed by atoms with Crippen LogP contribution < -0.4 is 11.3 Å². The molecule has 0 saturated heterocycles. The van der Waals surface area contributed by atoms with Crippen molar-refractivity contribution in [3.05, 3.63) is 16.9 Å². The molecule has 0 aliphatic heterocycles. The van der Waals surface area contributed by atoms with Crippen molar-refractivity contribution in [1.29, 1.82) is 0 Å². The lowest BCUT2D eigenvalue weighted by Gasteiger charge is -2.26. The highest BCUT2D eigenvalue weighted by Gasteiger charge is 2.27. The van der Waals surface area contributed by atoms with Crippen molar-refractivity contribution in [2.75, 3.05) is 20.8 Å². The molecule has 2 atom stereocenters. The van der Waals surface area contributed by atoms with E-state index in [0.29, 0.717) is 18.2 Å². The van der Waals surface area contributed by atoms with E-state index in [2.05, 4.69) is 17.4 Å². The molecule has 0 spiro atoms. The zero-order chi connectivity index (χ0) is 14.3. The normalized spacial score (nSPS) is 14.6. The number of nitrogens with two attached hydrogens (primary N) is 1. The van der Waals surface area contributed by atoms with E-state index in [-0.39, 0.29) is 12.1 Å². The van der Waals surface area contributed by atoms with Crippen LogP contribution in [0.4, 0.5) is 0 Å². The SMILES string of the molecule is CCCC(OC)C(NN)c1c(Cl)cnn1CCOC. The Kier molecular flexibility index (Phi) is 7.33. The third-order valence-corrected chi connectivity index (χ3v) is 3.35. The summed E-state index contributed by atoms with van der Waals surface area (Å²) in [5.74, 6) is 5.68. The largest absolute Gasteiger partial charge is 0.383 e. The summed E-state index contributed by atoms with van der Waals surface area (Å²) in [6.45, 7) is 3.29. The summed E-state index contributed by atoms with van der Waals surface area (Å²) < 4.78 is 12.4. The molecule has 1 rings (SSSR count). The third kappa shape index (κ3) is 4.15. The molecule has 7 heteroatoms. The Hall–Kier alpha value is -0.660. The quantitative estimate of drug-likeness (QED) is 0.532. The summed E-state index contributed by atoms with van der Waals surface area (Å²) in [5.41, 5.74) is 3.62. The monoisotopic (exact) mass is 290 g/mol. The topological polar surface area (TPSA) is 74.3 Å². The Morgan fingerprint density at radius 3 is 2.79 bits per heavy atom. The summed E-state index contributed by atoms with van der Waals surface area (Å²) >= 11 is 6.22. The first-order chi connectivity index (χ1) is 9.19. The molecule has 6 nitrogen and oxygen atoms in total. The Balaban J connectivity index is 2.98. The van der Waals surface area contributed by atoms with Crippen molar-refractivity contribution in [2.24, 2.45) is 5.84 Å². The van der Waals surface area contributed by atoms with Gasteiger partial charge in [0, 0.05) is 14.2 Å². The van der Waals surface area contributed by atoms with Gasteiger partial charge >= 0.3 is 0 Å². The number of nitrogens with zero attached hydrogens (tertiary/aromatic N) is 2. The first kappa shape index (κ1) is 16.4. The summed E-state index contributed by atoms with van der Waals surface area (Å²) in [7, 11) is 3.33. The fourth-order valence-corrected chi connectivity index (χ4v) is 2.36. The lowest BCUT2D eigenvalue weighted by atomic mass is 10.0. The molecule has 110 valence electrons. The van der Waals surface area contributed by atoms with E-state index in [1.165, 1.54) is 0 Å². The molecule has 0 amide bonds. The first-order valence-corrected chi connectivity index (χ1v) is 6.76. The van der Waals surface area contributed by atoms with E-state index in [1.807, 2.05) is 0 Å². The molecular formula is C12H23ClN4O2. The van der Waals surface area contributed by atoms with E-state index in [9.17, 15) is 0 Å². The molecule has 19 heavy (non-hydrogen) atoms. The van der Waals surface area contributed by atoms with Crippen molar-refractivity contribution in [2.45, 2.75) is 38.5 Å². The van der Waals surface area contributed by atoms with Crippen LogP contribution in [0.5, 0.6) is 0 Å². The smallest absolute Gasteiger partial charge is 0.0905 e. The van der Waals surface area contributed by atoms with Crippen LogP contribution >= 0.6 is 11.6 Å². The molecule has 1 aromatic rings. The standard InChI is InChI=1S/C12H23ClN4O2/c1-4-5-10(19-3)11(16-14)12-9(13)8-15-17(12)6-7-18-2/h8,10-11,16H,4-7,14H2,1-3H3. The molecule has 0 aliphatic rings. The lowest BCUT2D eigenvalue weighted by Crippen LogP contribution is -2.39. The molecule has 0 bridgehead atoms. The summed E-state index contributed by atoms with van der Waals surface area (Å²) in [5, 5.41) is 4.83. The molecule has 0 saturated carbocycles. The zero-order valence-electron chi connectivity index (χ0n) is 11.7. The van der Waals surface area contributed by atoms with Crippen LogP contribution in [0, 0.1) is 0 Å². The van der Waals surface area contributed by atoms with Gasteiger partial charge in [-0.15, -0.1) is 0 Å². The molecule has 3 N–H and O–H groups in total. The minimum Gasteiger partial charge on any atom is -0.383 e. The van der Waals surface area contributed by atoms with Crippen LogP contribution in [0.2, 0.25) is 5.02 Å². The molecule has 2 unspecified atom stereocenters. The maximum absolute atomic E-state index is 6.22. The molecule has 0 aromatic carbocycles. The van der Waals surface area contributed by atoms with Crippen molar-refractivity contribution < 1.29 is 9.47 Å². The highest BCUT2D eigenvalue weighted by molar-refractivity contribution is 6.31. The van der Waals surface area contributed by atoms with E-state index in [1.54, 1.807) is 25.1 Å². The number of hydrogen-bond donors (Lipinski definition) is 2. The number of aromatic nitrogens is 2. The highest BCUT2D eigenvalue weighted by atomic mass is 35.5. The number of hydrazine groups is 1. The van der Waals surface area contributed by atoms with Gasteiger partial charge in [-0.25, -0.2) is 5.43 Å². The minimum absolute atomic E-state index is 0.0505. The fraction of sp³-hybridized carbons (Fsp3) is 0.750. The number of methoxy groups -OCH3 is 2. The summed E-state index contributed by atoms with van der Waals surface area (Å²) in [4.78, 5) is 0. The zero-order valence-corrected chi connectivity index (χ0v) is 12.5. The van der Waals surface area contributed by atoms with Crippen LogP contribution in [0.25, 0.3) is 0 Å². The maximum Gasteiger partial charge on any atom is 0.0905 e. The Bertz CT molecular complexity index is 373. The van der Waals surface area contributed by atoms with E-state index in [4.69, 9.17) is 26.9 Å². The molecule has 0 fully saturated rings. The van der Waals surface area contributed by atoms with E-state index in [0.717, 1.165) is 18.5 Å². The maximum atomic E-state index is 6.22. The Morgan fingerprint density at radius 1 is 1.53 bits per heavy atom. The van der Waals surface area contributed by atoms with Crippen molar-refractivity contribution >= 4 is 11.6 Å². The molecule has 1 heterocycles. The highest BCUT2D eigenvalue weighted by Crippen LogP contribution is 2.27. The van der Waals surface area contributed by atoms with Crippen LogP contribution in [0.15, 0.2) is 6.20 Å². The fourth-order valence-electron chi connectivity index (χ4n) is 2.10. The van der Waals surface area contributed by atoms with Gasteiger partial charge in [-0.2, -0.15) is 5.10 Å². The minimum atomic E-state index is -0.197. The van der Waals surface area contributed by atoms with Gasteiger partial charge in [-0.3, -0.25) is 10.5 Å². The molecule has 0 aliphatic carbocycles. The average molecular weight is 291 g/mol. The summed E-state index contributed by atoms with van der Waals surface area (Å²) in [6.07, 6.45) is 3.46. The second-order valence-electron chi connectivity index (χ2n) is 4.30. The van der Waals surface area contributed by atoms with Gasteiger partial charge in [0.1, 0.15) is 0 Å². The predicted octanol–water partition coefficient (Wildman–Crippen LogP) is 1.50. The van der Waals surface area contributed by atoms with E-state index < -0.39 is 0 Å². The number of rotatable bonds is 9. The lowest BCUT2D eigenvalue weighted by molar-refractivity contribution is 0.0572. The molecular weight excluding hydrogens is 268 g/mol. The number of halogens is 1. The second kappa shape index (κ2) is 8.50. The van der Waals surface area contributed by atoms with Crippen LogP contribution in [0.3, 0.4) is 0 Å². The van der Waals surface area contributed by atoms with Crippen LogP contribution in [-0.2, 0) is 16.0 Å². The van der Waals surface area contributed by atoms with Gasteiger partial charge in [0.2, 0.25) is 0 Å². The van der Waals surface area contributed by atoms with Gasteiger partial charge in [-0.1, -0.05) is 24.9 Å². The predicted molar refractivity (Wildman–Crippen MR) is 74.9 cm³/mol. The average Bonchev–Trinajstić information content (AvgIpc) is 2.78. The van der Waals surface area contributed by atoms with Crippen LogP contribution in [0.1, 0.15) is 31.5 Å². The van der Waals surface area contributed by atoms with Crippen molar-refractivity contribution in [3.8, 4) is 0 Å². The van der Waals surface area contributed by atoms with Gasteiger partial charge in [0.25, 0.3) is 0 Å². The Labute approximate surface area is 119 Å². The second-order valence-corrected chi connectivity index (χ2v) is 4.71. The first-order valence-electron chi connectivity index (χ1n) is 6.38. The molecule has 1 aromatic heterocycles. The molecule has 0 radical (unpaired) electrons. The van der Waals surface area contributed by atoms with Gasteiger partial charge in [-0.05, 0) is 6.42 Å². The third-order valence-electron chi connectivity index (χ3n) is 3.06. The van der Waals surface area contributed by atoms with Crippen molar-refractivity contribution in [1.82, 2.24) is 15.2 Å². The van der Waals surface area contributed by atoms with Gasteiger partial charge in [0.15, 0.2) is 0 Å². The summed E-state index contributed by atoms with van der Waals surface area (Å²) in [6, 6.07) is -0.197. The Morgan fingerprint density at radius 2 is 2.26 bits per heavy atom. The van der Waals surface area contributed by atoms with Crippen molar-refractivity contribution in [3.63, 3.8) is 0 Å². The van der Waals surface area contributed by atoms with Gasteiger partial charge < -0.3 is 9.47 Å². The number of nitrogens with one attached hydrogen (secondary N) is 1. The number of hydrogen-bond acceptors (Lipinski definition) is 5. The van der Waals surface area contributed by atoms with E-state index >= 15 is 0 Å². The van der Waals surface area contributed by atoms with Crippen LogP contribution in [-0.4, -0.2) is 36.7 Å².